The summed E-state index contributed by atoms with van der Waals surface area (Å²) in [5, 5.41) is 0. The van der Waals surface area contributed by atoms with E-state index >= 15 is 0 Å². The van der Waals surface area contributed by atoms with Crippen molar-refractivity contribution in [2.75, 3.05) is 9.60 Å². The van der Waals surface area contributed by atoms with Crippen molar-refractivity contribution in [1.82, 2.24) is 0 Å². The molecule has 0 saturated heterocycles. The first-order valence-electron chi connectivity index (χ1n) is 13.4. The van der Waals surface area contributed by atoms with Crippen LogP contribution in [0.5, 0.6) is 5.75 Å². The number of hydrogen-bond acceptors (Lipinski definition) is 2. The summed E-state index contributed by atoms with van der Waals surface area (Å²) in [6.07, 6.45) is 0. The summed E-state index contributed by atoms with van der Waals surface area (Å²) in [5.41, 5.74) is 3.82. The molecule has 0 aromatic heterocycles. The van der Waals surface area contributed by atoms with Crippen LogP contribution in [-0.2, 0) is 10.8 Å². The Labute approximate surface area is 225 Å². The average Bonchev–Trinajstić information content (AvgIpc) is 3.21. The second kappa shape index (κ2) is 8.95. The van der Waals surface area contributed by atoms with E-state index in [1.54, 1.807) is 0 Å². The molecule has 0 fully saturated rings. The van der Waals surface area contributed by atoms with Crippen LogP contribution in [0.1, 0.15) is 59.6 Å². The Hall–Kier alpha value is -2.70. The predicted octanol–water partition coefficient (Wildman–Crippen LogP) is 6.62. The molecule has 1 heterocycles. The summed E-state index contributed by atoms with van der Waals surface area (Å²) in [4.78, 5) is 0. The van der Waals surface area contributed by atoms with E-state index in [1.165, 1.54) is 27.3 Å². The van der Waals surface area contributed by atoms with E-state index in [0.717, 1.165) is 12.3 Å². The van der Waals surface area contributed by atoms with Gasteiger partial charge in [-0.3, -0.25) is 0 Å². The van der Waals surface area contributed by atoms with Crippen LogP contribution in [0.15, 0.2) is 103 Å². The predicted molar refractivity (Wildman–Crippen MR) is 161 cm³/mol. The fourth-order valence-corrected chi connectivity index (χ4v) is 22.9. The van der Waals surface area contributed by atoms with E-state index in [2.05, 4.69) is 155 Å². The van der Waals surface area contributed by atoms with Crippen molar-refractivity contribution < 1.29 is 3.02 Å². The van der Waals surface area contributed by atoms with Crippen molar-refractivity contribution in [2.24, 2.45) is 0 Å². The zero-order chi connectivity index (χ0) is 26.5. The first kappa shape index (κ1) is 25.9. The first-order chi connectivity index (χ1) is 17.5. The van der Waals surface area contributed by atoms with Gasteiger partial charge in [0.05, 0.1) is 0 Å². The molecular formula is C34H40NOSb. The van der Waals surface area contributed by atoms with Gasteiger partial charge in [0.15, 0.2) is 0 Å². The van der Waals surface area contributed by atoms with Crippen molar-refractivity contribution in [3.8, 4) is 5.75 Å². The third kappa shape index (κ3) is 3.75. The Morgan fingerprint density at radius 3 is 1.41 bits per heavy atom. The monoisotopic (exact) mass is 599 g/mol. The van der Waals surface area contributed by atoms with Gasteiger partial charge < -0.3 is 0 Å². The Morgan fingerprint density at radius 2 is 1.05 bits per heavy atom. The molecule has 0 atom stereocenters. The van der Waals surface area contributed by atoms with Crippen molar-refractivity contribution in [1.29, 1.82) is 0 Å². The van der Waals surface area contributed by atoms with Crippen molar-refractivity contribution in [3.63, 3.8) is 0 Å². The molecule has 192 valence electrons. The van der Waals surface area contributed by atoms with Gasteiger partial charge in [0, 0.05) is 0 Å². The maximum absolute atomic E-state index is 7.90. The van der Waals surface area contributed by atoms with Crippen LogP contribution in [-0.4, -0.2) is 24.6 Å². The van der Waals surface area contributed by atoms with Gasteiger partial charge in [-0.2, -0.15) is 0 Å². The Balaban J connectivity index is 2.02. The molecule has 1 aliphatic rings. The molecule has 4 aromatic rings. The van der Waals surface area contributed by atoms with Crippen LogP contribution < -0.4 is 16.6 Å². The standard InChI is InChI=1S/C16H26NO.3C6H5.Sb/c1-8-17-13-10-11(15(2,3)4)9-12(14(13)18)16(5,6)7;3*1-2-4-6-5-3-1;/h9-10,18H,8H2,1-7H3;3*1-5H;/q-1;;;;+2/p-1. The van der Waals surface area contributed by atoms with Gasteiger partial charge >= 0.3 is 226 Å². The van der Waals surface area contributed by atoms with Crippen LogP contribution in [0, 0.1) is 0 Å². The zero-order valence-corrected chi connectivity index (χ0v) is 25.9. The topological polar surface area (TPSA) is 12.5 Å². The van der Waals surface area contributed by atoms with Gasteiger partial charge in [-0.05, 0) is 0 Å². The number of hydrogen-bond donors (Lipinski definition) is 0. The number of rotatable bonds is 4. The van der Waals surface area contributed by atoms with E-state index in [4.69, 9.17) is 3.02 Å². The number of anilines is 1. The van der Waals surface area contributed by atoms with Gasteiger partial charge in [0.2, 0.25) is 0 Å². The van der Waals surface area contributed by atoms with Crippen molar-refractivity contribution in [3.05, 3.63) is 114 Å². The van der Waals surface area contributed by atoms with Crippen molar-refractivity contribution in [2.45, 2.75) is 59.3 Å². The Bertz CT molecular complexity index is 1300. The van der Waals surface area contributed by atoms with Gasteiger partial charge in [0.25, 0.3) is 0 Å². The summed E-state index contributed by atoms with van der Waals surface area (Å²) >= 11 is -4.84. The summed E-state index contributed by atoms with van der Waals surface area (Å²) in [7, 11) is 0. The van der Waals surface area contributed by atoms with Crippen LogP contribution in [0.4, 0.5) is 5.69 Å². The average molecular weight is 600 g/mol. The normalized spacial score (nSPS) is 17.4. The van der Waals surface area contributed by atoms with Gasteiger partial charge in [-0.25, -0.2) is 0 Å². The van der Waals surface area contributed by atoms with E-state index in [-0.39, 0.29) is 10.8 Å². The number of fused-ring (bicyclic) bond motifs is 1. The SMILES string of the molecule is CC[N]1c2cc(C(C)(C)C)cc(C(C)(C)C)c2[O][Sb]1([c]1ccccc1)([c]1ccccc1)[c]1ccccc1. The van der Waals surface area contributed by atoms with Crippen LogP contribution in [0.2, 0.25) is 0 Å². The molecule has 0 radical (unpaired) electrons. The van der Waals surface area contributed by atoms with Gasteiger partial charge in [0.1, 0.15) is 0 Å². The van der Waals surface area contributed by atoms with E-state index < -0.39 is 18.1 Å². The molecule has 5 rings (SSSR count). The minimum absolute atomic E-state index is 0.0215. The molecule has 0 amide bonds. The van der Waals surface area contributed by atoms with Crippen LogP contribution in [0.25, 0.3) is 0 Å². The molecule has 4 aromatic carbocycles. The molecule has 0 saturated carbocycles. The second-order valence-corrected chi connectivity index (χ2v) is 24.2. The molecule has 0 aliphatic carbocycles. The third-order valence-electron chi connectivity index (χ3n) is 7.76. The molecular weight excluding hydrogens is 560 g/mol. The fourth-order valence-electron chi connectivity index (χ4n) is 5.90. The van der Waals surface area contributed by atoms with Gasteiger partial charge in [-0.15, -0.1) is 0 Å². The molecule has 2 nitrogen and oxygen atoms in total. The molecule has 0 spiro atoms. The quantitative estimate of drug-likeness (QED) is 0.245. The number of nitrogens with zero attached hydrogens (tertiary/aromatic N) is 1. The third-order valence-corrected chi connectivity index (χ3v) is 24.1. The first-order valence-corrected chi connectivity index (χ1v) is 19.4. The number of benzene rings is 4. The second-order valence-electron chi connectivity index (χ2n) is 12.2. The van der Waals surface area contributed by atoms with Gasteiger partial charge in [-0.1, -0.05) is 0 Å². The van der Waals surface area contributed by atoms with Crippen LogP contribution >= 0.6 is 0 Å². The minimum atomic E-state index is -4.84. The van der Waals surface area contributed by atoms with Crippen LogP contribution in [0.3, 0.4) is 0 Å². The molecule has 3 heteroatoms. The van der Waals surface area contributed by atoms with E-state index in [9.17, 15) is 0 Å². The fraction of sp³-hybridized carbons (Fsp3) is 0.294. The summed E-state index contributed by atoms with van der Waals surface area (Å²) in [5.74, 6) is 1.06. The summed E-state index contributed by atoms with van der Waals surface area (Å²) in [6, 6.07) is 38.0. The van der Waals surface area contributed by atoms with Crippen molar-refractivity contribution >= 4 is 34.3 Å². The Morgan fingerprint density at radius 1 is 0.622 bits per heavy atom. The molecule has 0 N–H and O–H groups in total. The zero-order valence-electron chi connectivity index (χ0n) is 23.3. The molecule has 1 aliphatic heterocycles. The van der Waals surface area contributed by atoms with E-state index in [0.29, 0.717) is 0 Å². The molecule has 37 heavy (non-hydrogen) atoms. The molecule has 0 bridgehead atoms. The Kier molecular flexibility index (Phi) is 6.27. The molecule has 0 unspecified atom stereocenters. The van der Waals surface area contributed by atoms with E-state index in [1.807, 2.05) is 0 Å². The summed E-state index contributed by atoms with van der Waals surface area (Å²) in [6.45, 7) is 17.0. The summed E-state index contributed by atoms with van der Waals surface area (Å²) < 4.78 is 14.5. The maximum atomic E-state index is 7.90.